The van der Waals surface area contributed by atoms with Gasteiger partial charge in [0.1, 0.15) is 11.5 Å². The summed E-state index contributed by atoms with van der Waals surface area (Å²) in [5.74, 6) is -1.11. The van der Waals surface area contributed by atoms with Gasteiger partial charge in [0.05, 0.1) is 17.1 Å². The van der Waals surface area contributed by atoms with E-state index < -0.39 is 11.5 Å². The van der Waals surface area contributed by atoms with E-state index in [9.17, 15) is 20.4 Å². The van der Waals surface area contributed by atoms with Gasteiger partial charge in [0, 0.05) is 38.6 Å². The molecule has 1 aliphatic carbocycles. The average Bonchev–Trinajstić information content (AvgIpc) is 3.36. The van der Waals surface area contributed by atoms with Crippen molar-refractivity contribution in [3.63, 3.8) is 0 Å². The molecule has 9 aromatic rings. The number of rotatable bonds is 9. The van der Waals surface area contributed by atoms with Crippen LogP contribution in [0.15, 0.2) is 188 Å². The highest BCUT2D eigenvalue weighted by molar-refractivity contribution is 6.13. The van der Waals surface area contributed by atoms with Crippen LogP contribution in [0.25, 0.3) is 72.1 Å². The molecule has 0 aliphatic heterocycles. The lowest BCUT2D eigenvalue weighted by Gasteiger charge is -2.35. The zero-order chi connectivity index (χ0) is 47.4. The fourth-order valence-corrected chi connectivity index (χ4v) is 10.1. The molecule has 10 rings (SSSR count). The summed E-state index contributed by atoms with van der Waals surface area (Å²) in [5.41, 5.74) is 20.0. The maximum Gasteiger partial charge on any atom is 0.182 e. The molecule has 0 aromatic heterocycles. The number of allylic oxidation sites excluding steroid dienone is 3. The van der Waals surface area contributed by atoms with Crippen molar-refractivity contribution in [1.29, 1.82) is 0 Å². The Balaban J connectivity index is 1.17. The second-order valence-electron chi connectivity index (χ2n) is 18.1. The predicted octanol–water partition coefficient (Wildman–Crippen LogP) is 15.6. The molecule has 0 bridgehead atoms. The molecule has 6 nitrogen and oxygen atoms in total. The zero-order valence-electron chi connectivity index (χ0n) is 38.5. The minimum Gasteiger partial charge on any atom is -0.508 e. The third-order valence-corrected chi connectivity index (χ3v) is 13.9. The second kappa shape index (κ2) is 17.1. The van der Waals surface area contributed by atoms with E-state index in [1.807, 2.05) is 44.2 Å². The fourth-order valence-electron chi connectivity index (χ4n) is 10.1. The first-order chi connectivity index (χ1) is 32.9. The van der Waals surface area contributed by atoms with Crippen LogP contribution in [0.4, 0.5) is 17.1 Å². The van der Waals surface area contributed by atoms with Gasteiger partial charge < -0.3 is 31.1 Å². The van der Waals surface area contributed by atoms with Crippen molar-refractivity contribution in [3.05, 3.63) is 216 Å². The Hall–Kier alpha value is -8.48. The van der Waals surface area contributed by atoms with E-state index in [0.29, 0.717) is 22.3 Å². The van der Waals surface area contributed by atoms with Crippen molar-refractivity contribution in [3.8, 4) is 67.5 Å². The van der Waals surface area contributed by atoms with E-state index in [0.717, 1.165) is 56.9 Å². The SMILES string of the molecule is C=Cc1c(-c2c(N)c(O)c(O)c3cc(-c4ccc(N(C5=CCC(C)(c6cccc7cc(C)ccc67)C=C5)c5ccccc5-c5ccccc5)c(-c5ccccc5)c4)cc(O)c23)cc(O)c(C)c1C. The van der Waals surface area contributed by atoms with E-state index in [1.54, 1.807) is 24.3 Å². The standard InChI is InChI=1S/C62H52N2O4/c1-6-46-38(3)39(4)55(65)36-50(46)58-57-51(60(67)61(68)59(58)63)34-44(35-56(57)66)42-25-27-54(49(33-42)41-18-11-8-12-19-41)64(53-23-14-13-21-48(53)40-16-9-7-10-17-40)45-28-30-62(5,31-29-45)52-22-15-20-43-32-37(2)24-26-47(43)52/h6-30,32-36,65-68H,1,31,63H2,2-5H3. The number of phenolic OH excluding ortho intramolecular Hbond substituents is 4. The average molecular weight is 889 g/mol. The second-order valence-corrected chi connectivity index (χ2v) is 18.1. The first-order valence-electron chi connectivity index (χ1n) is 22.9. The zero-order valence-corrected chi connectivity index (χ0v) is 38.5. The molecule has 9 aromatic carbocycles. The van der Waals surface area contributed by atoms with Gasteiger partial charge in [-0.1, -0.05) is 159 Å². The first kappa shape index (κ1) is 43.4. The molecule has 0 heterocycles. The highest BCUT2D eigenvalue weighted by Gasteiger charge is 2.31. The topological polar surface area (TPSA) is 110 Å². The molecule has 0 spiro atoms. The summed E-state index contributed by atoms with van der Waals surface area (Å²) < 4.78 is 0. The van der Waals surface area contributed by atoms with Crippen LogP contribution in [-0.2, 0) is 5.41 Å². The molecule has 0 radical (unpaired) electrons. The Morgan fingerprint density at radius 2 is 1.28 bits per heavy atom. The van der Waals surface area contributed by atoms with Crippen LogP contribution in [0, 0.1) is 20.8 Å². The van der Waals surface area contributed by atoms with Gasteiger partial charge in [0.15, 0.2) is 11.5 Å². The number of nitrogen functional groups attached to an aromatic ring is 1. The van der Waals surface area contributed by atoms with E-state index in [1.165, 1.54) is 21.9 Å². The number of aromatic hydroxyl groups is 4. The molecule has 1 aliphatic rings. The number of para-hydroxylation sites is 1. The van der Waals surface area contributed by atoms with Crippen molar-refractivity contribution in [2.45, 2.75) is 39.5 Å². The minimum atomic E-state index is -0.523. The van der Waals surface area contributed by atoms with Gasteiger partial charge >= 0.3 is 0 Å². The molecule has 6 heteroatoms. The number of hydrogen-bond acceptors (Lipinski definition) is 6. The number of phenols is 4. The summed E-state index contributed by atoms with van der Waals surface area (Å²) in [6.07, 6.45) is 9.39. The largest absolute Gasteiger partial charge is 0.508 e. The lowest BCUT2D eigenvalue weighted by molar-refractivity contribution is 0.410. The smallest absolute Gasteiger partial charge is 0.182 e. The van der Waals surface area contributed by atoms with Gasteiger partial charge in [-0.2, -0.15) is 0 Å². The summed E-state index contributed by atoms with van der Waals surface area (Å²) in [6.45, 7) is 12.1. The fraction of sp³-hybridized carbons (Fsp3) is 0.0968. The van der Waals surface area contributed by atoms with Crippen molar-refractivity contribution >= 4 is 44.7 Å². The summed E-state index contributed by atoms with van der Waals surface area (Å²) in [6, 6.07) is 53.7. The summed E-state index contributed by atoms with van der Waals surface area (Å²) in [7, 11) is 0. The van der Waals surface area contributed by atoms with E-state index in [-0.39, 0.29) is 38.9 Å². The van der Waals surface area contributed by atoms with Crippen LogP contribution >= 0.6 is 0 Å². The van der Waals surface area contributed by atoms with Crippen molar-refractivity contribution in [2.75, 3.05) is 10.6 Å². The van der Waals surface area contributed by atoms with Crippen LogP contribution in [0.1, 0.15) is 41.2 Å². The Kier molecular flexibility index (Phi) is 10.9. The van der Waals surface area contributed by atoms with E-state index in [4.69, 9.17) is 5.73 Å². The van der Waals surface area contributed by atoms with Crippen molar-refractivity contribution in [2.24, 2.45) is 0 Å². The van der Waals surface area contributed by atoms with Gasteiger partial charge in [-0.05, 0) is 131 Å². The highest BCUT2D eigenvalue weighted by atomic mass is 16.3. The number of anilines is 3. The molecule has 0 saturated heterocycles. The number of hydrogen-bond donors (Lipinski definition) is 5. The van der Waals surface area contributed by atoms with Crippen LogP contribution in [0.5, 0.6) is 23.0 Å². The maximum absolute atomic E-state index is 12.1. The number of nitrogens with zero attached hydrogens (tertiary/aromatic N) is 1. The molecule has 0 amide bonds. The summed E-state index contributed by atoms with van der Waals surface area (Å²) in [4.78, 5) is 2.35. The minimum absolute atomic E-state index is 0.0293. The molecule has 68 heavy (non-hydrogen) atoms. The van der Waals surface area contributed by atoms with Gasteiger partial charge in [-0.15, -0.1) is 0 Å². The molecule has 0 fully saturated rings. The van der Waals surface area contributed by atoms with Crippen molar-refractivity contribution < 1.29 is 20.4 Å². The highest BCUT2D eigenvalue weighted by Crippen LogP contribution is 2.53. The lowest BCUT2D eigenvalue weighted by atomic mass is 9.75. The molecule has 334 valence electrons. The Labute approximate surface area is 397 Å². The van der Waals surface area contributed by atoms with Gasteiger partial charge in [-0.25, -0.2) is 0 Å². The number of benzene rings is 9. The Bertz CT molecular complexity index is 3550. The summed E-state index contributed by atoms with van der Waals surface area (Å²) >= 11 is 0. The van der Waals surface area contributed by atoms with Crippen LogP contribution < -0.4 is 10.6 Å². The van der Waals surface area contributed by atoms with Crippen LogP contribution in [0.3, 0.4) is 0 Å². The molecule has 0 saturated carbocycles. The Morgan fingerprint density at radius 1 is 0.588 bits per heavy atom. The van der Waals surface area contributed by atoms with E-state index in [2.05, 4.69) is 153 Å². The lowest BCUT2D eigenvalue weighted by Crippen LogP contribution is -2.25. The van der Waals surface area contributed by atoms with Crippen molar-refractivity contribution in [1.82, 2.24) is 0 Å². The van der Waals surface area contributed by atoms with Gasteiger partial charge in [0.2, 0.25) is 0 Å². The normalized spacial score (nSPS) is 14.6. The van der Waals surface area contributed by atoms with E-state index >= 15 is 0 Å². The monoisotopic (exact) mass is 888 g/mol. The quantitative estimate of drug-likeness (QED) is 0.0729. The van der Waals surface area contributed by atoms with Gasteiger partial charge in [0.25, 0.3) is 0 Å². The third kappa shape index (κ3) is 7.31. The molecular weight excluding hydrogens is 837 g/mol. The van der Waals surface area contributed by atoms with Crippen LogP contribution in [-0.4, -0.2) is 20.4 Å². The number of nitrogens with two attached hydrogens (primary N) is 1. The van der Waals surface area contributed by atoms with Gasteiger partial charge in [-0.3, -0.25) is 0 Å². The van der Waals surface area contributed by atoms with Crippen LogP contribution in [0.2, 0.25) is 0 Å². The third-order valence-electron chi connectivity index (χ3n) is 13.9. The Morgan fingerprint density at radius 3 is 1.99 bits per heavy atom. The molecule has 6 N–H and O–H groups in total. The number of fused-ring (bicyclic) bond motifs is 2. The molecular formula is C62H52N2O4. The maximum atomic E-state index is 12.1. The first-order valence-corrected chi connectivity index (χ1v) is 22.9. The number of aryl methyl sites for hydroxylation is 1. The molecule has 1 unspecified atom stereocenters. The molecule has 1 atom stereocenters. The summed E-state index contributed by atoms with van der Waals surface area (Å²) in [5, 5.41) is 48.9. The predicted molar refractivity (Wildman–Crippen MR) is 283 cm³/mol.